The maximum absolute atomic E-state index is 13.9. The Kier molecular flexibility index (Phi) is 6.67. The average Bonchev–Trinajstić information content (AvgIpc) is 3.19. The molecule has 0 saturated heterocycles. The quantitative estimate of drug-likeness (QED) is 0.392. The highest BCUT2D eigenvalue weighted by Crippen LogP contribution is 2.35. The van der Waals surface area contributed by atoms with E-state index < -0.39 is 12.0 Å². The Morgan fingerprint density at radius 3 is 2.68 bits per heavy atom. The lowest BCUT2D eigenvalue weighted by Gasteiger charge is -2.25. The van der Waals surface area contributed by atoms with Gasteiger partial charge in [-0.3, -0.25) is 9.36 Å². The van der Waals surface area contributed by atoms with Crippen molar-refractivity contribution in [2.75, 3.05) is 13.2 Å². The van der Waals surface area contributed by atoms with Crippen LogP contribution >= 0.6 is 11.3 Å². The molecule has 5 rings (SSSR count). The van der Waals surface area contributed by atoms with Crippen LogP contribution in [0.3, 0.4) is 0 Å². The molecule has 3 aromatic carbocycles. The molecule has 1 N–H and O–H groups in total. The van der Waals surface area contributed by atoms with Crippen molar-refractivity contribution in [1.29, 1.82) is 0 Å². The minimum atomic E-state index is -0.692. The van der Waals surface area contributed by atoms with Gasteiger partial charge in [-0.25, -0.2) is 9.79 Å². The van der Waals surface area contributed by atoms with Gasteiger partial charge in [-0.1, -0.05) is 59.9 Å². The number of nitrogens with zero attached hydrogens (tertiary/aromatic N) is 2. The SMILES string of the molecule is CCOC(=O)C1=C(C)N=c2sc(=Cc3ccc(O)c(OCC)c3)c(=O)n2[C@@H]1c1cccc2ccccc12. The van der Waals surface area contributed by atoms with E-state index in [1.54, 1.807) is 36.6 Å². The molecule has 188 valence electrons. The molecule has 2 heterocycles. The Labute approximate surface area is 217 Å². The lowest BCUT2D eigenvalue weighted by Crippen LogP contribution is -2.40. The molecule has 1 aliphatic heterocycles. The maximum Gasteiger partial charge on any atom is 0.338 e. The Bertz CT molecular complexity index is 1730. The van der Waals surface area contributed by atoms with E-state index in [1.807, 2.05) is 49.4 Å². The van der Waals surface area contributed by atoms with Crippen molar-refractivity contribution in [3.63, 3.8) is 0 Å². The highest BCUT2D eigenvalue weighted by molar-refractivity contribution is 7.07. The number of phenols is 1. The normalized spacial score (nSPS) is 15.4. The Morgan fingerprint density at radius 1 is 1.11 bits per heavy atom. The van der Waals surface area contributed by atoms with Gasteiger partial charge in [0, 0.05) is 0 Å². The molecular formula is C29H26N2O5S. The zero-order chi connectivity index (χ0) is 26.1. The van der Waals surface area contributed by atoms with Gasteiger partial charge in [-0.15, -0.1) is 0 Å². The molecule has 0 saturated carbocycles. The standard InChI is InChI=1S/C29H26N2O5S/c1-4-35-23-15-18(13-14-22(23)32)16-24-27(33)31-26(21-12-8-10-19-9-6-7-11-20(19)21)25(28(34)36-5-2)17(3)30-29(31)37-24/h6-16,26,32H,4-5H2,1-3H3/t26-/m1/s1. The molecule has 7 nitrogen and oxygen atoms in total. The number of esters is 1. The van der Waals surface area contributed by atoms with Crippen LogP contribution in [0.4, 0.5) is 0 Å². The highest BCUT2D eigenvalue weighted by atomic mass is 32.1. The van der Waals surface area contributed by atoms with E-state index >= 15 is 0 Å². The van der Waals surface area contributed by atoms with E-state index in [-0.39, 0.29) is 17.9 Å². The largest absolute Gasteiger partial charge is 0.504 e. The fraction of sp³-hybridized carbons (Fsp3) is 0.207. The van der Waals surface area contributed by atoms with Crippen LogP contribution in [0.25, 0.3) is 16.8 Å². The number of aromatic hydroxyl groups is 1. The zero-order valence-corrected chi connectivity index (χ0v) is 21.5. The first-order valence-electron chi connectivity index (χ1n) is 12.1. The lowest BCUT2D eigenvalue weighted by atomic mass is 9.91. The number of phenolic OH excluding ortho intramolecular Hbond substituents is 1. The molecule has 0 unspecified atom stereocenters. The van der Waals surface area contributed by atoms with E-state index in [4.69, 9.17) is 9.47 Å². The molecule has 0 bridgehead atoms. The van der Waals surface area contributed by atoms with Crippen LogP contribution in [0.5, 0.6) is 11.5 Å². The second-order valence-corrected chi connectivity index (χ2v) is 9.54. The summed E-state index contributed by atoms with van der Waals surface area (Å²) in [6.07, 6.45) is 1.75. The molecule has 1 atom stereocenters. The van der Waals surface area contributed by atoms with Crippen molar-refractivity contribution in [1.82, 2.24) is 4.57 Å². The van der Waals surface area contributed by atoms with Crippen molar-refractivity contribution >= 4 is 34.2 Å². The predicted molar refractivity (Wildman–Crippen MR) is 144 cm³/mol. The van der Waals surface area contributed by atoms with Gasteiger partial charge in [-0.05, 0) is 60.9 Å². The minimum Gasteiger partial charge on any atom is -0.504 e. The molecule has 0 radical (unpaired) electrons. The first kappa shape index (κ1) is 24.5. The molecule has 0 aliphatic carbocycles. The summed E-state index contributed by atoms with van der Waals surface area (Å²) in [6, 6.07) is 18.0. The van der Waals surface area contributed by atoms with E-state index in [2.05, 4.69) is 4.99 Å². The molecule has 1 aromatic heterocycles. The van der Waals surface area contributed by atoms with Gasteiger partial charge in [0.05, 0.1) is 35.1 Å². The van der Waals surface area contributed by atoms with E-state index in [1.165, 1.54) is 17.4 Å². The van der Waals surface area contributed by atoms with E-state index in [0.717, 1.165) is 16.3 Å². The van der Waals surface area contributed by atoms with Gasteiger partial charge >= 0.3 is 5.97 Å². The third kappa shape index (κ3) is 4.44. The van der Waals surface area contributed by atoms with Crippen LogP contribution in [0.2, 0.25) is 0 Å². The number of ether oxygens (including phenoxy) is 2. The number of carbonyl (C=O) groups is 1. The van der Waals surface area contributed by atoms with Crippen LogP contribution in [0, 0.1) is 0 Å². The van der Waals surface area contributed by atoms with Gasteiger partial charge in [0.15, 0.2) is 16.3 Å². The third-order valence-corrected chi connectivity index (χ3v) is 7.20. The number of rotatable bonds is 6. The number of thiazole rings is 1. The van der Waals surface area contributed by atoms with Crippen molar-refractivity contribution < 1.29 is 19.4 Å². The summed E-state index contributed by atoms with van der Waals surface area (Å²) in [5, 5.41) is 12.0. The number of benzene rings is 3. The first-order valence-corrected chi connectivity index (χ1v) is 12.9. The second kappa shape index (κ2) is 10.1. The van der Waals surface area contributed by atoms with Gasteiger partial charge in [-0.2, -0.15) is 0 Å². The summed E-state index contributed by atoms with van der Waals surface area (Å²) >= 11 is 1.25. The van der Waals surface area contributed by atoms with Gasteiger partial charge < -0.3 is 14.6 Å². The Morgan fingerprint density at radius 2 is 1.89 bits per heavy atom. The molecule has 1 aliphatic rings. The summed E-state index contributed by atoms with van der Waals surface area (Å²) in [5.41, 5.74) is 2.14. The smallest absolute Gasteiger partial charge is 0.338 e. The second-order valence-electron chi connectivity index (χ2n) is 8.53. The van der Waals surface area contributed by atoms with Crippen LogP contribution in [0.1, 0.15) is 37.9 Å². The number of hydrogen-bond acceptors (Lipinski definition) is 7. The summed E-state index contributed by atoms with van der Waals surface area (Å²) in [4.78, 5) is 32.2. The minimum absolute atomic E-state index is 0.0334. The van der Waals surface area contributed by atoms with E-state index in [0.29, 0.717) is 38.5 Å². The number of fused-ring (bicyclic) bond motifs is 2. The molecule has 0 spiro atoms. The zero-order valence-electron chi connectivity index (χ0n) is 20.7. The number of allylic oxidation sites excluding steroid dienone is 1. The molecule has 37 heavy (non-hydrogen) atoms. The van der Waals surface area contributed by atoms with Crippen LogP contribution in [-0.2, 0) is 9.53 Å². The van der Waals surface area contributed by atoms with E-state index in [9.17, 15) is 14.7 Å². The molecule has 4 aromatic rings. The van der Waals surface area contributed by atoms with Crippen molar-refractivity contribution in [2.24, 2.45) is 4.99 Å². The summed E-state index contributed by atoms with van der Waals surface area (Å²) < 4.78 is 12.9. The fourth-order valence-corrected chi connectivity index (χ4v) is 5.66. The van der Waals surface area contributed by atoms with Gasteiger partial charge in [0.25, 0.3) is 5.56 Å². The fourth-order valence-electron chi connectivity index (χ4n) is 4.62. The van der Waals surface area contributed by atoms with Crippen molar-refractivity contribution in [2.45, 2.75) is 26.8 Å². The topological polar surface area (TPSA) is 90.1 Å². The van der Waals surface area contributed by atoms with Crippen molar-refractivity contribution in [3.05, 3.63) is 103 Å². The summed E-state index contributed by atoms with van der Waals surface area (Å²) in [6.45, 7) is 5.98. The maximum atomic E-state index is 13.9. The van der Waals surface area contributed by atoms with Gasteiger partial charge in [0.1, 0.15) is 0 Å². The van der Waals surface area contributed by atoms with Crippen LogP contribution in [0.15, 0.2) is 81.7 Å². The van der Waals surface area contributed by atoms with Gasteiger partial charge in [0.2, 0.25) is 0 Å². The average molecular weight is 515 g/mol. The lowest BCUT2D eigenvalue weighted by molar-refractivity contribution is -0.139. The molecule has 0 fully saturated rings. The molecule has 8 heteroatoms. The van der Waals surface area contributed by atoms with Crippen molar-refractivity contribution in [3.8, 4) is 11.5 Å². The number of carbonyl (C=O) groups excluding carboxylic acids is 1. The molecule has 0 amide bonds. The first-order chi connectivity index (χ1) is 17.9. The third-order valence-electron chi connectivity index (χ3n) is 6.22. The highest BCUT2D eigenvalue weighted by Gasteiger charge is 2.34. The predicted octanol–water partition coefficient (Wildman–Crippen LogP) is 4.06. The Balaban J connectivity index is 1.76. The van der Waals surface area contributed by atoms with Crippen LogP contribution < -0.4 is 19.6 Å². The number of aromatic nitrogens is 1. The summed E-state index contributed by atoms with van der Waals surface area (Å²) in [5.74, 6) is -0.111. The Hall–Kier alpha value is -4.17. The number of hydrogen-bond donors (Lipinski definition) is 1. The van der Waals surface area contributed by atoms with Crippen LogP contribution in [-0.4, -0.2) is 28.9 Å². The monoisotopic (exact) mass is 514 g/mol. The molecular weight excluding hydrogens is 488 g/mol. The summed E-state index contributed by atoms with van der Waals surface area (Å²) in [7, 11) is 0.